The number of aliphatic carboxylic acids is 1. The van der Waals surface area contributed by atoms with Crippen LogP contribution in [0, 0.1) is 5.92 Å². The van der Waals surface area contributed by atoms with Crippen LogP contribution in [0.5, 0.6) is 0 Å². The lowest BCUT2D eigenvalue weighted by atomic mass is 9.86. The quantitative estimate of drug-likeness (QED) is 0.679. The maximum Gasteiger partial charge on any atom is 0.306 e. The van der Waals surface area contributed by atoms with E-state index in [1.165, 1.54) is 25.7 Å². The molecule has 0 spiro atoms. The number of hydrogen-bond acceptors (Lipinski definition) is 3. The summed E-state index contributed by atoms with van der Waals surface area (Å²) in [5.74, 6) is -0.898. The molecule has 0 bridgehead atoms. The number of carbonyl (C=O) groups is 2. The number of rotatable bonds is 5. The number of nitrogens with one attached hydrogen (secondary N) is 2. The topological polar surface area (TPSA) is 78.4 Å². The molecular weight excluding hydrogens is 268 g/mol. The maximum absolute atomic E-state index is 12.0. The summed E-state index contributed by atoms with van der Waals surface area (Å²) in [5, 5.41) is 15.4. The molecule has 1 amide bonds. The first-order chi connectivity index (χ1) is 10.1. The molecule has 0 aliphatic heterocycles. The predicted octanol–water partition coefficient (Wildman–Crippen LogP) is 2.06. The van der Waals surface area contributed by atoms with Gasteiger partial charge in [0.2, 0.25) is 5.91 Å². The number of carboxylic acid groups (broad SMARTS) is 1. The van der Waals surface area contributed by atoms with Crippen LogP contribution >= 0.6 is 0 Å². The van der Waals surface area contributed by atoms with Crippen LogP contribution in [0.15, 0.2) is 0 Å². The Balaban J connectivity index is 1.67. The van der Waals surface area contributed by atoms with E-state index in [2.05, 4.69) is 10.6 Å². The molecular formula is C16H28N2O3. The summed E-state index contributed by atoms with van der Waals surface area (Å²) in [5.41, 5.74) is 0. The van der Waals surface area contributed by atoms with Crippen molar-refractivity contribution in [3.8, 4) is 0 Å². The van der Waals surface area contributed by atoms with E-state index in [-0.39, 0.29) is 17.9 Å². The van der Waals surface area contributed by atoms with Crippen molar-refractivity contribution in [1.82, 2.24) is 10.6 Å². The minimum atomic E-state index is -0.704. The SMILES string of the molecule is O=C(CNC1CCCC(C(=O)O)C1)NC1CCCCCC1. The molecule has 0 saturated heterocycles. The van der Waals surface area contributed by atoms with E-state index in [4.69, 9.17) is 5.11 Å². The van der Waals surface area contributed by atoms with Gasteiger partial charge in [0.25, 0.3) is 0 Å². The van der Waals surface area contributed by atoms with E-state index in [0.717, 1.165) is 32.1 Å². The number of amides is 1. The molecule has 0 heterocycles. The monoisotopic (exact) mass is 296 g/mol. The first-order valence-corrected chi connectivity index (χ1v) is 8.40. The van der Waals surface area contributed by atoms with Gasteiger partial charge in [-0.1, -0.05) is 32.1 Å². The Morgan fingerprint density at radius 1 is 0.905 bits per heavy atom. The summed E-state index contributed by atoms with van der Waals surface area (Å²) in [6, 6.07) is 0.500. The Hall–Kier alpha value is -1.10. The van der Waals surface area contributed by atoms with Gasteiger partial charge in [0.1, 0.15) is 0 Å². The fraction of sp³-hybridized carbons (Fsp3) is 0.875. The Bertz CT molecular complexity index is 351. The second-order valence-electron chi connectivity index (χ2n) is 6.54. The van der Waals surface area contributed by atoms with E-state index in [1.807, 2.05) is 0 Å². The largest absolute Gasteiger partial charge is 0.481 e. The number of hydrogen-bond donors (Lipinski definition) is 3. The fourth-order valence-corrected chi connectivity index (χ4v) is 3.54. The molecule has 5 heteroatoms. The molecule has 0 aromatic heterocycles. The number of carboxylic acids is 1. The highest BCUT2D eigenvalue weighted by molar-refractivity contribution is 5.78. The molecule has 2 atom stereocenters. The van der Waals surface area contributed by atoms with Crippen molar-refractivity contribution in [2.75, 3.05) is 6.54 Å². The zero-order valence-corrected chi connectivity index (χ0v) is 12.8. The fourth-order valence-electron chi connectivity index (χ4n) is 3.54. The van der Waals surface area contributed by atoms with Gasteiger partial charge in [-0.15, -0.1) is 0 Å². The summed E-state index contributed by atoms with van der Waals surface area (Å²) in [6.07, 6.45) is 10.5. The van der Waals surface area contributed by atoms with Gasteiger partial charge in [-0.25, -0.2) is 0 Å². The first-order valence-electron chi connectivity index (χ1n) is 8.40. The van der Waals surface area contributed by atoms with E-state index in [0.29, 0.717) is 19.0 Å². The lowest BCUT2D eigenvalue weighted by Crippen LogP contribution is -2.44. The van der Waals surface area contributed by atoms with Crippen LogP contribution < -0.4 is 10.6 Å². The van der Waals surface area contributed by atoms with Crippen LogP contribution in [0.1, 0.15) is 64.2 Å². The molecule has 2 aliphatic rings. The highest BCUT2D eigenvalue weighted by Gasteiger charge is 2.27. The zero-order chi connectivity index (χ0) is 15.1. The van der Waals surface area contributed by atoms with Gasteiger partial charge in [0.05, 0.1) is 12.5 Å². The maximum atomic E-state index is 12.0. The van der Waals surface area contributed by atoms with Gasteiger partial charge in [-0.2, -0.15) is 0 Å². The summed E-state index contributed by atoms with van der Waals surface area (Å²) in [4.78, 5) is 23.0. The summed E-state index contributed by atoms with van der Waals surface area (Å²) in [7, 11) is 0. The molecule has 2 saturated carbocycles. The Kier molecular flexibility index (Phi) is 6.49. The average Bonchev–Trinajstić information content (AvgIpc) is 2.74. The molecule has 2 fully saturated rings. The van der Waals surface area contributed by atoms with E-state index in [9.17, 15) is 9.59 Å². The molecule has 0 radical (unpaired) electrons. The molecule has 5 nitrogen and oxygen atoms in total. The molecule has 2 rings (SSSR count). The Labute approximate surface area is 126 Å². The highest BCUT2D eigenvalue weighted by atomic mass is 16.4. The van der Waals surface area contributed by atoms with E-state index < -0.39 is 5.97 Å². The lowest BCUT2D eigenvalue weighted by Gasteiger charge is -2.27. The summed E-state index contributed by atoms with van der Waals surface area (Å²) in [6.45, 7) is 0.313. The van der Waals surface area contributed by atoms with E-state index in [1.54, 1.807) is 0 Å². The van der Waals surface area contributed by atoms with Crippen molar-refractivity contribution in [2.24, 2.45) is 5.92 Å². The molecule has 21 heavy (non-hydrogen) atoms. The Morgan fingerprint density at radius 2 is 1.57 bits per heavy atom. The highest BCUT2D eigenvalue weighted by Crippen LogP contribution is 2.24. The minimum absolute atomic E-state index is 0.0550. The zero-order valence-electron chi connectivity index (χ0n) is 12.8. The van der Waals surface area contributed by atoms with Crippen molar-refractivity contribution in [3.05, 3.63) is 0 Å². The van der Waals surface area contributed by atoms with Gasteiger partial charge in [-0.3, -0.25) is 9.59 Å². The molecule has 3 N–H and O–H groups in total. The van der Waals surface area contributed by atoms with Crippen molar-refractivity contribution in [2.45, 2.75) is 76.3 Å². The standard InChI is InChI=1S/C16H28N2O3/c19-15(18-13-7-3-1-2-4-8-13)11-17-14-9-5-6-12(10-14)16(20)21/h12-14,17H,1-11H2,(H,18,19)(H,20,21). The van der Waals surface area contributed by atoms with Crippen LogP contribution in [0.3, 0.4) is 0 Å². The smallest absolute Gasteiger partial charge is 0.306 e. The second kappa shape index (κ2) is 8.37. The van der Waals surface area contributed by atoms with Crippen molar-refractivity contribution >= 4 is 11.9 Å². The minimum Gasteiger partial charge on any atom is -0.481 e. The van der Waals surface area contributed by atoms with Crippen LogP contribution in [0.2, 0.25) is 0 Å². The van der Waals surface area contributed by atoms with Gasteiger partial charge >= 0.3 is 5.97 Å². The molecule has 120 valence electrons. The van der Waals surface area contributed by atoms with Gasteiger partial charge in [0.15, 0.2) is 0 Å². The molecule has 0 aromatic carbocycles. The molecule has 2 unspecified atom stereocenters. The Morgan fingerprint density at radius 3 is 2.24 bits per heavy atom. The van der Waals surface area contributed by atoms with Crippen molar-refractivity contribution in [1.29, 1.82) is 0 Å². The van der Waals surface area contributed by atoms with Crippen molar-refractivity contribution < 1.29 is 14.7 Å². The van der Waals surface area contributed by atoms with Crippen LogP contribution in [0.25, 0.3) is 0 Å². The first kappa shape index (κ1) is 16.3. The van der Waals surface area contributed by atoms with E-state index >= 15 is 0 Å². The predicted molar refractivity (Wildman–Crippen MR) is 81.0 cm³/mol. The van der Waals surface area contributed by atoms with Crippen LogP contribution in [-0.2, 0) is 9.59 Å². The second-order valence-corrected chi connectivity index (χ2v) is 6.54. The summed E-state index contributed by atoms with van der Waals surface area (Å²) < 4.78 is 0. The van der Waals surface area contributed by atoms with Gasteiger partial charge in [-0.05, 0) is 32.1 Å². The third kappa shape index (κ3) is 5.65. The number of carbonyl (C=O) groups excluding carboxylic acids is 1. The third-order valence-corrected chi connectivity index (χ3v) is 4.80. The third-order valence-electron chi connectivity index (χ3n) is 4.80. The van der Waals surface area contributed by atoms with Crippen LogP contribution in [0.4, 0.5) is 0 Å². The molecule has 2 aliphatic carbocycles. The average molecular weight is 296 g/mol. The molecule has 0 aromatic rings. The normalized spacial score (nSPS) is 27.8. The van der Waals surface area contributed by atoms with Gasteiger partial charge < -0.3 is 15.7 Å². The van der Waals surface area contributed by atoms with Crippen molar-refractivity contribution in [3.63, 3.8) is 0 Å². The summed E-state index contributed by atoms with van der Waals surface area (Å²) >= 11 is 0. The van der Waals surface area contributed by atoms with Crippen LogP contribution in [-0.4, -0.2) is 35.6 Å². The van der Waals surface area contributed by atoms with Gasteiger partial charge in [0, 0.05) is 12.1 Å². The lowest BCUT2D eigenvalue weighted by molar-refractivity contribution is -0.143.